The lowest BCUT2D eigenvalue weighted by Crippen LogP contribution is -2.54. The molecule has 2 bridgehead atoms. The zero-order chi connectivity index (χ0) is 53.3. The van der Waals surface area contributed by atoms with Gasteiger partial charge in [0.25, 0.3) is 5.88 Å². The molecule has 4 aromatic heterocycles. The maximum atomic E-state index is 14.2. The monoisotopic (exact) mass is 1050 g/mol. The van der Waals surface area contributed by atoms with Crippen LogP contribution in [0.1, 0.15) is 94.8 Å². The van der Waals surface area contributed by atoms with E-state index in [1.165, 1.54) is 4.90 Å². The highest BCUT2D eigenvalue weighted by atomic mass is 16.5. The fraction of sp³-hybridized carbons (Fsp3) is 0.491. The number of hydrogen-bond donors (Lipinski definition) is 4. The maximum absolute atomic E-state index is 14.2. The van der Waals surface area contributed by atoms with E-state index >= 15 is 0 Å². The van der Waals surface area contributed by atoms with E-state index in [9.17, 15) is 19.8 Å². The van der Waals surface area contributed by atoms with E-state index in [0.29, 0.717) is 47.7 Å². The van der Waals surface area contributed by atoms with Gasteiger partial charge in [0, 0.05) is 118 Å². The third-order valence-corrected chi connectivity index (χ3v) is 16.2. The summed E-state index contributed by atoms with van der Waals surface area (Å²) in [6.07, 6.45) is 10.9. The van der Waals surface area contributed by atoms with E-state index in [0.717, 1.165) is 93.2 Å². The minimum absolute atomic E-state index is 0.0489. The standard InChI is InChI=1S/C57H70N12O8/c1-34(2)54(57(73)68-33-42(70)26-49(68)56(72)61-35(3)37-9-11-38(12-10-37)67-22-19-59-36(67)4)51-30-53(64-77-51)74-24-23-65-20-16-43(17-21-65)75-44-27-45(28-44)76-52-25-39(15-18-60-52)69-40-13-14-41(69)32-66(31-40)48-29-47(62-63-55(48)58)46-7-5-6-8-50(46)71/h5-12,15,18-19,22,25,29-30,34-35,40-45,49,54,70-71H,13-14,16-17,20-21,23-24,26-28,31-33H2,1-4H3,(H2,58,63)(H,61,72)/t35-,40?,41?,42+,44-,45-,49-,54-/m0/s1. The number of piperazine rings is 1. The number of rotatable bonds is 18. The van der Waals surface area contributed by atoms with Gasteiger partial charge in [-0.3, -0.25) is 14.5 Å². The molecule has 1 saturated carbocycles. The van der Waals surface area contributed by atoms with Gasteiger partial charge in [-0.1, -0.05) is 38.1 Å². The number of β-amino-alcohol motifs (C(OH)–C–C–N with tert-alkyl or cyclic N) is 1. The highest BCUT2D eigenvalue weighted by Crippen LogP contribution is 2.41. The van der Waals surface area contributed by atoms with Gasteiger partial charge in [-0.15, -0.1) is 10.2 Å². The number of phenolic OH excluding ortho intramolecular Hbond substituents is 1. The summed E-state index contributed by atoms with van der Waals surface area (Å²) >= 11 is 0. The molecule has 2 amide bonds. The molecular formula is C57H70N12O8. The van der Waals surface area contributed by atoms with Gasteiger partial charge < -0.3 is 59.3 Å². The molecule has 5 fully saturated rings. The number of para-hydroxylation sites is 1. The molecule has 20 nitrogen and oxygen atoms in total. The van der Waals surface area contributed by atoms with Crippen LogP contribution < -0.4 is 30.3 Å². The van der Waals surface area contributed by atoms with Crippen molar-refractivity contribution in [2.24, 2.45) is 5.92 Å². The number of aromatic nitrogens is 6. The number of benzene rings is 2. The molecule has 0 radical (unpaired) electrons. The molecule has 5 aliphatic rings. The molecule has 6 aromatic rings. The Labute approximate surface area is 448 Å². The number of aryl methyl sites for hydroxylation is 1. The second-order valence-electron chi connectivity index (χ2n) is 21.8. The first kappa shape index (κ1) is 51.8. The van der Waals surface area contributed by atoms with Crippen molar-refractivity contribution in [3.8, 4) is 34.5 Å². The predicted molar refractivity (Wildman–Crippen MR) is 288 cm³/mol. The number of pyridine rings is 1. The highest BCUT2D eigenvalue weighted by Gasteiger charge is 2.45. The van der Waals surface area contributed by atoms with Crippen LogP contribution in [0.3, 0.4) is 0 Å². The Morgan fingerprint density at radius 1 is 0.844 bits per heavy atom. The minimum atomic E-state index is -0.835. The van der Waals surface area contributed by atoms with Gasteiger partial charge in [-0.25, -0.2) is 9.97 Å². The molecule has 8 heterocycles. The number of likely N-dealkylation sites (tertiary alicyclic amines) is 2. The topological polar surface area (TPSA) is 236 Å². The van der Waals surface area contributed by atoms with E-state index in [-0.39, 0.29) is 72.9 Å². The normalized spacial score (nSPS) is 23.5. The van der Waals surface area contributed by atoms with Crippen molar-refractivity contribution in [1.29, 1.82) is 0 Å². The van der Waals surface area contributed by atoms with Gasteiger partial charge >= 0.3 is 0 Å². The van der Waals surface area contributed by atoms with Crippen molar-refractivity contribution in [3.05, 3.63) is 109 Å². The zero-order valence-electron chi connectivity index (χ0n) is 44.2. The van der Waals surface area contributed by atoms with Crippen molar-refractivity contribution >= 4 is 29.0 Å². The summed E-state index contributed by atoms with van der Waals surface area (Å²) < 4.78 is 26.7. The Bertz CT molecular complexity index is 3000. The Morgan fingerprint density at radius 3 is 2.34 bits per heavy atom. The molecule has 2 unspecified atom stereocenters. The minimum Gasteiger partial charge on any atom is -0.507 e. The fourth-order valence-corrected chi connectivity index (χ4v) is 12.0. The van der Waals surface area contributed by atoms with Crippen LogP contribution in [0.15, 0.2) is 95.9 Å². The summed E-state index contributed by atoms with van der Waals surface area (Å²) in [5.41, 5.74) is 11.4. The lowest BCUT2D eigenvalue weighted by Gasteiger charge is -2.43. The van der Waals surface area contributed by atoms with E-state index in [2.05, 4.69) is 57.5 Å². The Balaban J connectivity index is 0.601. The van der Waals surface area contributed by atoms with Crippen molar-refractivity contribution in [2.45, 2.75) is 127 Å². The Kier molecular flexibility index (Phi) is 15.0. The van der Waals surface area contributed by atoms with Crippen LogP contribution in [0.2, 0.25) is 0 Å². The molecule has 20 heteroatoms. The third-order valence-electron chi connectivity index (χ3n) is 16.2. The van der Waals surface area contributed by atoms with Crippen LogP contribution in [0.5, 0.6) is 17.5 Å². The van der Waals surface area contributed by atoms with Gasteiger partial charge in [0.15, 0.2) is 11.6 Å². The number of piperidine rings is 1. The number of carbonyl (C=O) groups excluding carboxylic acids is 2. The van der Waals surface area contributed by atoms with Gasteiger partial charge in [0.05, 0.1) is 35.7 Å². The number of anilines is 3. The molecule has 4 saturated heterocycles. The third kappa shape index (κ3) is 11.3. The Hall–Kier alpha value is -7.29. The molecule has 4 aliphatic heterocycles. The van der Waals surface area contributed by atoms with Crippen LogP contribution in [0, 0.1) is 12.8 Å². The number of carbonyl (C=O) groups is 2. The molecule has 2 aromatic carbocycles. The summed E-state index contributed by atoms with van der Waals surface area (Å²) in [7, 11) is 0. The summed E-state index contributed by atoms with van der Waals surface area (Å²) in [5.74, 6) is 1.19. The molecule has 11 rings (SSSR count). The second-order valence-corrected chi connectivity index (χ2v) is 21.8. The number of fused-ring (bicyclic) bond motifs is 2. The first-order chi connectivity index (χ1) is 37.3. The molecule has 5 N–H and O–H groups in total. The lowest BCUT2D eigenvalue weighted by molar-refractivity contribution is -0.141. The summed E-state index contributed by atoms with van der Waals surface area (Å²) in [6, 6.07) is 22.2. The van der Waals surface area contributed by atoms with Crippen LogP contribution in [-0.2, 0) is 14.3 Å². The van der Waals surface area contributed by atoms with E-state index in [1.54, 1.807) is 24.4 Å². The van der Waals surface area contributed by atoms with Gasteiger partial charge in [-0.2, -0.15) is 0 Å². The number of nitrogens with two attached hydrogens (primary N) is 1. The number of aliphatic hydroxyl groups excluding tert-OH is 1. The first-order valence-corrected chi connectivity index (χ1v) is 27.3. The fourth-order valence-electron chi connectivity index (χ4n) is 12.0. The van der Waals surface area contributed by atoms with Gasteiger partial charge in [0.2, 0.25) is 17.7 Å². The zero-order valence-corrected chi connectivity index (χ0v) is 44.2. The highest BCUT2D eigenvalue weighted by molar-refractivity contribution is 5.91. The van der Waals surface area contributed by atoms with Crippen LogP contribution in [0.25, 0.3) is 16.9 Å². The molecule has 406 valence electrons. The number of nitrogen functional groups attached to an aromatic ring is 1. The van der Waals surface area contributed by atoms with Crippen LogP contribution >= 0.6 is 0 Å². The van der Waals surface area contributed by atoms with Gasteiger partial charge in [0.1, 0.15) is 36.2 Å². The van der Waals surface area contributed by atoms with E-state index < -0.39 is 18.1 Å². The van der Waals surface area contributed by atoms with Crippen molar-refractivity contribution in [3.63, 3.8) is 0 Å². The summed E-state index contributed by atoms with van der Waals surface area (Å²) in [6.45, 7) is 12.2. The molecule has 0 spiro atoms. The number of amides is 2. The van der Waals surface area contributed by atoms with Crippen molar-refractivity contribution in [2.75, 3.05) is 61.4 Å². The smallest absolute Gasteiger partial charge is 0.254 e. The number of aliphatic hydroxyl groups is 1. The Morgan fingerprint density at radius 2 is 1.61 bits per heavy atom. The number of imidazole rings is 1. The number of hydrogen-bond acceptors (Lipinski definition) is 17. The number of ether oxygens (including phenoxy) is 3. The molecular weight excluding hydrogens is 981 g/mol. The molecule has 77 heavy (non-hydrogen) atoms. The quantitative estimate of drug-likeness (QED) is 0.0748. The maximum Gasteiger partial charge on any atom is 0.254 e. The average molecular weight is 1050 g/mol. The van der Waals surface area contributed by atoms with Gasteiger partial charge in [-0.05, 0) is 92.6 Å². The summed E-state index contributed by atoms with van der Waals surface area (Å²) in [4.78, 5) is 45.5. The first-order valence-electron chi connectivity index (χ1n) is 27.3. The summed E-state index contributed by atoms with van der Waals surface area (Å²) in [5, 5.41) is 37.0. The lowest BCUT2D eigenvalue weighted by atomic mass is 9.91. The largest absolute Gasteiger partial charge is 0.507 e. The van der Waals surface area contributed by atoms with E-state index in [1.807, 2.05) is 87.1 Å². The predicted octanol–water partition coefficient (Wildman–Crippen LogP) is 6.21. The SMILES string of the molecule is Cc1nccn1-c1ccc([C@H](C)NC(=O)[C@@H]2C[C@@H](O)CN2C(=O)[C@H](c2cc(OCCN3CCC(O[C@H]4C[C@H](Oc5cc(N6C7CCC6CN(c6cc(-c8ccccc8O)nnc6N)C7)ccn5)C4)CC3)no2)C(C)C)cc1. The number of nitrogens with one attached hydrogen (secondary N) is 1. The van der Waals surface area contributed by atoms with Crippen LogP contribution in [-0.4, -0.2) is 150 Å². The van der Waals surface area contributed by atoms with E-state index in [4.69, 9.17) is 24.5 Å². The molecule has 6 atom stereocenters. The number of nitrogens with zero attached hydrogens (tertiary/aromatic N) is 10. The average Bonchev–Trinajstić information content (AvgIpc) is 4.22. The van der Waals surface area contributed by atoms with Crippen LogP contribution in [0.4, 0.5) is 17.2 Å². The number of phenols is 1. The van der Waals surface area contributed by atoms with Crippen molar-refractivity contribution in [1.82, 2.24) is 45.0 Å². The second kappa shape index (κ2) is 22.4. The van der Waals surface area contributed by atoms with Crippen molar-refractivity contribution < 1.29 is 38.5 Å². The number of aromatic hydroxyl groups is 1. The molecule has 1 aliphatic carbocycles.